The van der Waals surface area contributed by atoms with Crippen molar-refractivity contribution in [1.82, 2.24) is 9.78 Å². The molecule has 1 heterocycles. The zero-order valence-electron chi connectivity index (χ0n) is 11.2. The first-order chi connectivity index (χ1) is 7.70. The summed E-state index contributed by atoms with van der Waals surface area (Å²) in [5, 5.41) is 4.07. The summed E-state index contributed by atoms with van der Waals surface area (Å²) in [6.07, 6.45) is 3.30. The fourth-order valence-electron chi connectivity index (χ4n) is 2.26. The number of nitrogens with zero attached hydrogens (tertiary/aromatic N) is 2. The van der Waals surface area contributed by atoms with Crippen LogP contribution in [0.15, 0.2) is 10.7 Å². The Bertz CT molecular complexity index is 385. The first-order valence-electron chi connectivity index (χ1n) is 5.91. The van der Waals surface area contributed by atoms with E-state index >= 15 is 0 Å². The monoisotopic (exact) mass is 300 g/mol. The molecule has 17 heavy (non-hydrogen) atoms. The third-order valence-corrected chi connectivity index (χ3v) is 3.23. The van der Waals surface area contributed by atoms with Crippen molar-refractivity contribution >= 4 is 21.7 Å². The summed E-state index contributed by atoms with van der Waals surface area (Å²) in [7, 11) is 1.80. The molecular weight excluding hydrogens is 280 g/mol. The van der Waals surface area contributed by atoms with Crippen LogP contribution < -0.4 is 0 Å². The number of aryl methyl sites for hydroxylation is 1. The fraction of sp³-hybridized carbons (Fsp3) is 0.692. The maximum atomic E-state index is 12.2. The van der Waals surface area contributed by atoms with E-state index in [1.807, 2.05) is 0 Å². The summed E-state index contributed by atoms with van der Waals surface area (Å²) in [5.41, 5.74) is 0.939. The molecule has 0 amide bonds. The van der Waals surface area contributed by atoms with Gasteiger partial charge in [0.2, 0.25) is 0 Å². The first-order valence-corrected chi connectivity index (χ1v) is 6.70. The zero-order chi connectivity index (χ0) is 13.2. The fourth-order valence-corrected chi connectivity index (χ4v) is 2.82. The number of carbonyl (C=O) groups excluding carboxylic acids is 1. The summed E-state index contributed by atoms with van der Waals surface area (Å²) >= 11 is 3.36. The summed E-state index contributed by atoms with van der Waals surface area (Å²) in [4.78, 5) is 12.2. The van der Waals surface area contributed by atoms with Crippen LogP contribution in [0.3, 0.4) is 0 Å². The number of rotatable bonds is 4. The van der Waals surface area contributed by atoms with E-state index in [2.05, 4.69) is 48.7 Å². The van der Waals surface area contributed by atoms with Crippen molar-refractivity contribution < 1.29 is 4.79 Å². The quantitative estimate of drug-likeness (QED) is 0.792. The van der Waals surface area contributed by atoms with Crippen molar-refractivity contribution in [3.8, 4) is 0 Å². The second-order valence-electron chi connectivity index (χ2n) is 5.96. The van der Waals surface area contributed by atoms with Crippen LogP contribution in [-0.4, -0.2) is 15.6 Å². The van der Waals surface area contributed by atoms with Gasteiger partial charge in [-0.25, -0.2) is 0 Å². The van der Waals surface area contributed by atoms with Crippen molar-refractivity contribution in [2.75, 3.05) is 0 Å². The van der Waals surface area contributed by atoms with E-state index in [0.717, 1.165) is 10.9 Å². The van der Waals surface area contributed by atoms with Crippen LogP contribution >= 0.6 is 15.9 Å². The van der Waals surface area contributed by atoms with Gasteiger partial charge in [0.05, 0.1) is 10.7 Å². The van der Waals surface area contributed by atoms with E-state index in [9.17, 15) is 4.79 Å². The van der Waals surface area contributed by atoms with Crippen molar-refractivity contribution in [2.45, 2.75) is 40.5 Å². The number of halogens is 1. The molecular formula is C13H21BrN2O. The lowest BCUT2D eigenvalue weighted by atomic mass is 9.83. The number of ketones is 1. The van der Waals surface area contributed by atoms with Gasteiger partial charge in [0, 0.05) is 13.5 Å². The van der Waals surface area contributed by atoms with Gasteiger partial charge in [-0.15, -0.1) is 0 Å². The number of Topliss-reactive ketones (excluding diaryl/α,β-unsaturated/α-hetero) is 1. The van der Waals surface area contributed by atoms with E-state index in [1.165, 1.54) is 0 Å². The molecule has 1 unspecified atom stereocenters. The average Bonchev–Trinajstić information content (AvgIpc) is 2.42. The van der Waals surface area contributed by atoms with Crippen molar-refractivity contribution in [3.05, 3.63) is 16.4 Å². The number of hydrogen-bond acceptors (Lipinski definition) is 2. The third-order valence-electron chi connectivity index (χ3n) is 2.65. The predicted molar refractivity (Wildman–Crippen MR) is 73.1 cm³/mol. The highest BCUT2D eigenvalue weighted by Gasteiger charge is 2.21. The van der Waals surface area contributed by atoms with E-state index in [4.69, 9.17) is 0 Å². The molecule has 0 aliphatic carbocycles. The molecule has 0 aliphatic rings. The molecule has 4 heteroatoms. The molecule has 0 saturated carbocycles. The van der Waals surface area contributed by atoms with Crippen LogP contribution in [0.4, 0.5) is 0 Å². The van der Waals surface area contributed by atoms with Crippen LogP contribution in [0.2, 0.25) is 0 Å². The molecule has 0 fully saturated rings. The zero-order valence-corrected chi connectivity index (χ0v) is 12.8. The number of carbonyl (C=O) groups is 1. The lowest BCUT2D eigenvalue weighted by molar-refractivity contribution is 0.0944. The molecule has 0 saturated heterocycles. The van der Waals surface area contributed by atoms with Gasteiger partial charge in [0.15, 0.2) is 5.78 Å². The highest BCUT2D eigenvalue weighted by Crippen LogP contribution is 2.27. The summed E-state index contributed by atoms with van der Waals surface area (Å²) < 4.78 is 2.42. The number of aromatic nitrogens is 2. The highest BCUT2D eigenvalue weighted by molar-refractivity contribution is 9.10. The van der Waals surface area contributed by atoms with Gasteiger partial charge in [-0.05, 0) is 33.7 Å². The van der Waals surface area contributed by atoms with Crippen molar-refractivity contribution in [3.63, 3.8) is 0 Å². The Morgan fingerprint density at radius 3 is 2.53 bits per heavy atom. The normalized spacial score (nSPS) is 13.8. The SMILES string of the molecule is CC(CC(=O)c1c(Br)cnn1C)CC(C)(C)C. The van der Waals surface area contributed by atoms with Crippen LogP contribution in [0.5, 0.6) is 0 Å². The second-order valence-corrected chi connectivity index (χ2v) is 6.82. The Morgan fingerprint density at radius 1 is 1.53 bits per heavy atom. The smallest absolute Gasteiger partial charge is 0.182 e. The molecule has 1 atom stereocenters. The number of hydrogen-bond donors (Lipinski definition) is 0. The largest absolute Gasteiger partial charge is 0.292 e. The minimum Gasteiger partial charge on any atom is -0.292 e. The molecule has 1 aromatic rings. The standard InChI is InChI=1S/C13H21BrN2O/c1-9(7-13(2,3)4)6-11(17)12-10(14)8-15-16(12)5/h8-9H,6-7H2,1-5H3. The highest BCUT2D eigenvalue weighted by atomic mass is 79.9. The summed E-state index contributed by atoms with van der Waals surface area (Å²) in [6.45, 7) is 8.74. The Balaban J connectivity index is 2.67. The van der Waals surface area contributed by atoms with Gasteiger partial charge in [0.25, 0.3) is 0 Å². The predicted octanol–water partition coefficient (Wildman–Crippen LogP) is 3.83. The molecule has 3 nitrogen and oxygen atoms in total. The van der Waals surface area contributed by atoms with Gasteiger partial charge in [-0.1, -0.05) is 27.7 Å². The van der Waals surface area contributed by atoms with Crippen molar-refractivity contribution in [2.24, 2.45) is 18.4 Å². The molecule has 96 valence electrons. The molecule has 0 aromatic carbocycles. The molecule has 0 radical (unpaired) electrons. The van der Waals surface area contributed by atoms with E-state index in [-0.39, 0.29) is 11.2 Å². The topological polar surface area (TPSA) is 34.9 Å². The van der Waals surface area contributed by atoms with Gasteiger partial charge < -0.3 is 0 Å². The van der Waals surface area contributed by atoms with E-state index in [1.54, 1.807) is 17.9 Å². The molecule has 0 bridgehead atoms. The van der Waals surface area contributed by atoms with Gasteiger partial charge in [-0.2, -0.15) is 5.10 Å². The summed E-state index contributed by atoms with van der Waals surface area (Å²) in [5.74, 6) is 0.554. The van der Waals surface area contributed by atoms with Crippen LogP contribution in [0.25, 0.3) is 0 Å². The maximum Gasteiger partial charge on any atom is 0.182 e. The third kappa shape index (κ3) is 4.26. The molecule has 1 rings (SSSR count). The Hall–Kier alpha value is -0.640. The minimum absolute atomic E-state index is 0.161. The van der Waals surface area contributed by atoms with E-state index in [0.29, 0.717) is 18.0 Å². The average molecular weight is 301 g/mol. The van der Waals surface area contributed by atoms with Crippen LogP contribution in [0, 0.1) is 11.3 Å². The maximum absolute atomic E-state index is 12.2. The van der Waals surface area contributed by atoms with Crippen LogP contribution in [-0.2, 0) is 7.05 Å². The molecule has 0 spiro atoms. The summed E-state index contributed by atoms with van der Waals surface area (Å²) in [6, 6.07) is 0. The van der Waals surface area contributed by atoms with Crippen molar-refractivity contribution in [1.29, 1.82) is 0 Å². The molecule has 0 aliphatic heterocycles. The second kappa shape index (κ2) is 5.34. The van der Waals surface area contributed by atoms with Gasteiger partial charge in [-0.3, -0.25) is 9.48 Å². The van der Waals surface area contributed by atoms with Crippen LogP contribution in [0.1, 0.15) is 51.0 Å². The van der Waals surface area contributed by atoms with Gasteiger partial charge >= 0.3 is 0 Å². The van der Waals surface area contributed by atoms with Gasteiger partial charge in [0.1, 0.15) is 5.69 Å². The Morgan fingerprint density at radius 2 is 2.12 bits per heavy atom. The lowest BCUT2D eigenvalue weighted by Gasteiger charge is -2.22. The molecule has 0 N–H and O–H groups in total. The molecule has 1 aromatic heterocycles. The lowest BCUT2D eigenvalue weighted by Crippen LogP contribution is -2.16. The first kappa shape index (κ1) is 14.4. The Labute approximate surface area is 112 Å². The van der Waals surface area contributed by atoms with E-state index < -0.39 is 0 Å². The Kier molecular flexibility index (Phi) is 4.53. The minimum atomic E-state index is 0.161.